The predicted octanol–water partition coefficient (Wildman–Crippen LogP) is 11.4. The Balaban J connectivity index is 1.21. The van der Waals surface area contributed by atoms with E-state index in [1.165, 1.54) is 88.2 Å². The van der Waals surface area contributed by atoms with Crippen LogP contribution in [-0.4, -0.2) is 6.71 Å². The Hall–Kier alpha value is -6.00. The van der Waals surface area contributed by atoms with Crippen LogP contribution in [0.2, 0.25) is 0 Å². The van der Waals surface area contributed by atoms with Gasteiger partial charge < -0.3 is 14.2 Å². The Morgan fingerprint density at radius 3 is 1.90 bits per heavy atom. The normalized spacial score (nSPS) is 15.1. The zero-order chi connectivity index (χ0) is 34.2. The summed E-state index contributed by atoms with van der Waals surface area (Å²) in [5, 5.41) is 2.31. The van der Waals surface area contributed by atoms with Crippen molar-refractivity contribution in [2.75, 3.05) is 9.80 Å². The van der Waals surface area contributed by atoms with Gasteiger partial charge in [0.05, 0.1) is 0 Å². The molecule has 4 heteroatoms. The molecule has 248 valence electrons. The molecule has 3 aliphatic rings. The van der Waals surface area contributed by atoms with E-state index < -0.39 is 0 Å². The first-order valence-corrected chi connectivity index (χ1v) is 18.8. The van der Waals surface area contributed by atoms with Crippen LogP contribution in [0.4, 0.5) is 34.1 Å². The van der Waals surface area contributed by atoms with E-state index in [0.717, 1.165) is 33.1 Å². The fourth-order valence-electron chi connectivity index (χ4n) is 9.49. The summed E-state index contributed by atoms with van der Waals surface area (Å²) in [6.45, 7) is 0.0903. The highest BCUT2D eigenvalue weighted by Crippen LogP contribution is 2.47. The number of hydrogen-bond acceptors (Lipinski definition) is 3. The fourth-order valence-corrected chi connectivity index (χ4v) is 9.49. The number of fused-ring (bicyclic) bond motifs is 7. The van der Waals surface area contributed by atoms with E-state index in [-0.39, 0.29) is 6.71 Å². The maximum Gasteiger partial charge on any atom is 0.252 e. The highest BCUT2D eigenvalue weighted by atomic mass is 16.3. The summed E-state index contributed by atoms with van der Waals surface area (Å²) < 4.78 is 6.58. The number of nitrogens with zero attached hydrogens (tertiary/aromatic N) is 2. The van der Waals surface area contributed by atoms with E-state index in [1.807, 2.05) is 0 Å². The fraction of sp³-hybridized carbons (Fsp3) is 0.125. The third-order valence-electron chi connectivity index (χ3n) is 11.8. The van der Waals surface area contributed by atoms with Crippen LogP contribution in [0.25, 0.3) is 33.1 Å². The summed E-state index contributed by atoms with van der Waals surface area (Å²) in [4.78, 5) is 5.08. The lowest BCUT2D eigenvalue weighted by atomic mass is 9.33. The van der Waals surface area contributed by atoms with Gasteiger partial charge in [0.1, 0.15) is 11.2 Å². The zero-order valence-corrected chi connectivity index (χ0v) is 29.0. The van der Waals surface area contributed by atoms with Crippen LogP contribution < -0.4 is 26.2 Å². The van der Waals surface area contributed by atoms with Gasteiger partial charge in [0.25, 0.3) is 6.71 Å². The lowest BCUT2D eigenvalue weighted by molar-refractivity contribution is 0.444. The van der Waals surface area contributed by atoms with Crippen LogP contribution >= 0.6 is 0 Å². The quantitative estimate of drug-likeness (QED) is 0.174. The molecule has 3 heterocycles. The summed E-state index contributed by atoms with van der Waals surface area (Å²) >= 11 is 0. The Morgan fingerprint density at radius 1 is 0.500 bits per heavy atom. The van der Waals surface area contributed by atoms with Gasteiger partial charge in [-0.25, -0.2) is 0 Å². The number of hydrogen-bond donors (Lipinski definition) is 0. The van der Waals surface area contributed by atoms with Crippen LogP contribution in [0.15, 0.2) is 162 Å². The maximum atomic E-state index is 6.58. The van der Waals surface area contributed by atoms with Crippen molar-refractivity contribution in [1.29, 1.82) is 0 Å². The SMILES string of the molecule is c1ccc(N2c3ccccc3B3c4ccc(-c5cccc6c5oc5ccccc56)cc4N(c4ccccc4)c4cc(C5CCCCC5)cc2c43)cc1. The van der Waals surface area contributed by atoms with Gasteiger partial charge in [0, 0.05) is 50.5 Å². The summed E-state index contributed by atoms with van der Waals surface area (Å²) in [5.74, 6) is 0.555. The molecule has 0 unspecified atom stereocenters. The van der Waals surface area contributed by atoms with Gasteiger partial charge in [-0.05, 0) is 101 Å². The van der Waals surface area contributed by atoms with Crippen molar-refractivity contribution >= 4 is 79.2 Å². The molecule has 1 fully saturated rings. The Labute approximate surface area is 304 Å². The summed E-state index contributed by atoms with van der Waals surface area (Å²) in [7, 11) is 0. The van der Waals surface area contributed by atoms with Crippen LogP contribution in [-0.2, 0) is 0 Å². The molecule has 0 atom stereocenters. The van der Waals surface area contributed by atoms with Gasteiger partial charge in [0.2, 0.25) is 0 Å². The minimum absolute atomic E-state index is 0.0903. The Morgan fingerprint density at radius 2 is 1.13 bits per heavy atom. The smallest absolute Gasteiger partial charge is 0.252 e. The van der Waals surface area contributed by atoms with Crippen molar-refractivity contribution in [1.82, 2.24) is 0 Å². The van der Waals surface area contributed by atoms with Crippen molar-refractivity contribution in [3.63, 3.8) is 0 Å². The second kappa shape index (κ2) is 11.8. The zero-order valence-electron chi connectivity index (χ0n) is 29.0. The Bertz CT molecular complexity index is 2640. The molecule has 0 bridgehead atoms. The van der Waals surface area contributed by atoms with Gasteiger partial charge in [0.15, 0.2) is 0 Å². The van der Waals surface area contributed by atoms with Crippen molar-refractivity contribution in [2.45, 2.75) is 38.0 Å². The molecule has 8 aromatic rings. The minimum Gasteiger partial charge on any atom is -0.455 e. The third-order valence-corrected chi connectivity index (χ3v) is 11.8. The Kier molecular flexibility index (Phi) is 6.73. The molecule has 0 N–H and O–H groups in total. The predicted molar refractivity (Wildman–Crippen MR) is 219 cm³/mol. The van der Waals surface area contributed by atoms with Gasteiger partial charge in [-0.3, -0.25) is 0 Å². The summed E-state index contributed by atoms with van der Waals surface area (Å²) in [6.07, 6.45) is 6.43. The molecule has 0 spiro atoms. The van der Waals surface area contributed by atoms with Crippen molar-refractivity contribution in [3.8, 4) is 11.1 Å². The van der Waals surface area contributed by atoms with Crippen LogP contribution in [0, 0.1) is 0 Å². The molecule has 3 nitrogen and oxygen atoms in total. The van der Waals surface area contributed by atoms with E-state index in [0.29, 0.717) is 5.92 Å². The van der Waals surface area contributed by atoms with Crippen molar-refractivity contribution < 1.29 is 4.42 Å². The highest BCUT2D eigenvalue weighted by Gasteiger charge is 2.44. The van der Waals surface area contributed by atoms with E-state index in [2.05, 4.69) is 168 Å². The van der Waals surface area contributed by atoms with E-state index >= 15 is 0 Å². The number of benzene rings is 7. The molecule has 1 saturated carbocycles. The van der Waals surface area contributed by atoms with E-state index in [4.69, 9.17) is 4.42 Å². The monoisotopic (exact) mass is 668 g/mol. The van der Waals surface area contributed by atoms with Crippen molar-refractivity contribution in [3.05, 3.63) is 163 Å². The molecule has 0 saturated heterocycles. The molecule has 0 radical (unpaired) electrons. The summed E-state index contributed by atoms with van der Waals surface area (Å²) in [5.41, 5.74) is 17.1. The van der Waals surface area contributed by atoms with E-state index in [9.17, 15) is 0 Å². The van der Waals surface area contributed by atoms with Crippen LogP contribution in [0.3, 0.4) is 0 Å². The standard InChI is InChI=1S/C48H37BN2O/c1-4-15-32(16-5-1)34-30-44-47-45(31-34)51(36-19-8-3-9-20-36)43-29-33(37-22-14-23-39-38-21-10-13-26-46(38)52-48(37)39)27-28-41(43)49(47)40-24-11-12-25-42(40)50(44)35-17-6-2-7-18-35/h2-3,6-14,17-32H,1,4-5,15-16H2. The van der Waals surface area contributed by atoms with Crippen LogP contribution in [0.5, 0.6) is 0 Å². The van der Waals surface area contributed by atoms with Crippen molar-refractivity contribution in [2.24, 2.45) is 0 Å². The van der Waals surface area contributed by atoms with Gasteiger partial charge in [-0.2, -0.15) is 0 Å². The summed E-state index contributed by atoms with van der Waals surface area (Å²) in [6, 6.07) is 58.2. The second-order valence-electron chi connectivity index (χ2n) is 14.7. The second-order valence-corrected chi connectivity index (χ2v) is 14.7. The van der Waals surface area contributed by atoms with Gasteiger partial charge in [-0.1, -0.05) is 122 Å². The molecule has 2 aliphatic heterocycles. The minimum atomic E-state index is 0.0903. The molecule has 7 aromatic carbocycles. The average Bonchev–Trinajstić information content (AvgIpc) is 3.60. The molecule has 11 rings (SSSR count). The highest BCUT2D eigenvalue weighted by molar-refractivity contribution is 7.00. The largest absolute Gasteiger partial charge is 0.455 e. The van der Waals surface area contributed by atoms with Gasteiger partial charge >= 0.3 is 0 Å². The topological polar surface area (TPSA) is 19.6 Å². The molecular weight excluding hydrogens is 631 g/mol. The lowest BCUT2D eigenvalue weighted by Gasteiger charge is -2.45. The molecule has 0 amide bonds. The van der Waals surface area contributed by atoms with E-state index in [1.54, 1.807) is 0 Å². The first kappa shape index (κ1) is 29.7. The molecular formula is C48H37BN2O. The lowest BCUT2D eigenvalue weighted by Crippen LogP contribution is -2.61. The first-order chi connectivity index (χ1) is 25.8. The molecule has 1 aliphatic carbocycles. The maximum absolute atomic E-state index is 6.58. The molecule has 1 aromatic heterocycles. The molecule has 52 heavy (non-hydrogen) atoms. The number of furan rings is 1. The van der Waals surface area contributed by atoms with Crippen LogP contribution in [0.1, 0.15) is 43.6 Å². The average molecular weight is 669 g/mol. The van der Waals surface area contributed by atoms with Gasteiger partial charge in [-0.15, -0.1) is 0 Å². The number of rotatable bonds is 4. The number of para-hydroxylation sites is 5. The third kappa shape index (κ3) is 4.47. The number of anilines is 6. The first-order valence-electron chi connectivity index (χ1n) is 18.8.